The molecular weight excluding hydrogens is 224 g/mol. The van der Waals surface area contributed by atoms with Crippen molar-refractivity contribution in [3.05, 3.63) is 12.7 Å². The second-order valence-corrected chi connectivity index (χ2v) is 5.28. The van der Waals surface area contributed by atoms with E-state index in [-0.39, 0.29) is 5.92 Å². The molecule has 0 saturated heterocycles. The van der Waals surface area contributed by atoms with Crippen LogP contribution < -0.4 is 0 Å². The van der Waals surface area contributed by atoms with Gasteiger partial charge in [-0.3, -0.25) is 0 Å². The smallest absolute Gasteiger partial charge is 0.157 e. The van der Waals surface area contributed by atoms with Gasteiger partial charge in [0.05, 0.1) is 0 Å². The number of aliphatic hydroxyl groups excluding tert-OH is 1. The topological polar surface area (TPSA) is 40.5 Å². The third-order valence-electron chi connectivity index (χ3n) is 3.58. The fourth-order valence-electron chi connectivity index (χ4n) is 2.26. The van der Waals surface area contributed by atoms with Crippen molar-refractivity contribution in [1.29, 1.82) is 0 Å². The van der Waals surface area contributed by atoms with E-state index in [4.69, 9.17) is 10.2 Å². The molecule has 0 heterocycles. The van der Waals surface area contributed by atoms with Gasteiger partial charge in [-0.1, -0.05) is 77.2 Å². The van der Waals surface area contributed by atoms with Gasteiger partial charge in [-0.15, -0.1) is 6.58 Å². The van der Waals surface area contributed by atoms with Gasteiger partial charge in [0.1, 0.15) is 0 Å². The summed E-state index contributed by atoms with van der Waals surface area (Å²) in [6, 6.07) is 0. The molecule has 0 aliphatic heterocycles. The van der Waals surface area contributed by atoms with Gasteiger partial charge in [0.25, 0.3) is 0 Å². The minimum absolute atomic E-state index is 0.154. The molecule has 0 aliphatic carbocycles. The quantitative estimate of drug-likeness (QED) is 0.291. The maximum atomic E-state index is 9.04. The van der Waals surface area contributed by atoms with Crippen LogP contribution in [0.25, 0.3) is 0 Å². The van der Waals surface area contributed by atoms with Crippen LogP contribution in [0.5, 0.6) is 0 Å². The van der Waals surface area contributed by atoms with Crippen LogP contribution in [0.2, 0.25) is 0 Å². The Labute approximate surface area is 113 Å². The number of hydrogen-bond donors (Lipinski definition) is 2. The molecule has 0 aromatic rings. The van der Waals surface area contributed by atoms with E-state index >= 15 is 0 Å². The fraction of sp³-hybridized carbons (Fsp3) is 0.875. The molecule has 1 unspecified atom stereocenters. The van der Waals surface area contributed by atoms with Gasteiger partial charge < -0.3 is 10.2 Å². The summed E-state index contributed by atoms with van der Waals surface area (Å²) in [4.78, 5) is 0. The summed E-state index contributed by atoms with van der Waals surface area (Å²) in [6.07, 6.45) is 14.4. The van der Waals surface area contributed by atoms with Crippen molar-refractivity contribution in [2.45, 2.75) is 83.8 Å². The van der Waals surface area contributed by atoms with Gasteiger partial charge in [-0.25, -0.2) is 0 Å². The van der Waals surface area contributed by atoms with Crippen molar-refractivity contribution in [3.63, 3.8) is 0 Å². The second kappa shape index (κ2) is 13.1. The van der Waals surface area contributed by atoms with Gasteiger partial charge in [0, 0.05) is 5.92 Å². The molecule has 0 rings (SSSR count). The van der Waals surface area contributed by atoms with Crippen molar-refractivity contribution >= 4 is 0 Å². The van der Waals surface area contributed by atoms with Gasteiger partial charge in [0.2, 0.25) is 0 Å². The molecule has 1 atom stereocenters. The SMILES string of the molecule is C=CC(CCCCCCCCCCCC)C(O)O. The highest BCUT2D eigenvalue weighted by molar-refractivity contribution is 4.80. The maximum absolute atomic E-state index is 9.04. The first-order valence-electron chi connectivity index (χ1n) is 7.71. The molecule has 0 fully saturated rings. The molecule has 0 aromatic carbocycles. The molecule has 0 bridgehead atoms. The molecule has 0 amide bonds. The zero-order valence-corrected chi connectivity index (χ0v) is 12.1. The molecule has 0 spiro atoms. The van der Waals surface area contributed by atoms with Crippen LogP contribution in [-0.2, 0) is 0 Å². The molecule has 0 aromatic heterocycles. The largest absolute Gasteiger partial charge is 0.368 e. The fourth-order valence-corrected chi connectivity index (χ4v) is 2.26. The predicted octanol–water partition coefficient (Wildman–Crippen LogP) is 4.41. The average Bonchev–Trinajstić information content (AvgIpc) is 2.35. The zero-order valence-electron chi connectivity index (χ0n) is 12.1. The lowest BCUT2D eigenvalue weighted by Crippen LogP contribution is -2.17. The van der Waals surface area contributed by atoms with Crippen LogP contribution in [0.3, 0.4) is 0 Å². The third-order valence-corrected chi connectivity index (χ3v) is 3.58. The Morgan fingerprint density at radius 3 is 1.67 bits per heavy atom. The normalized spacial score (nSPS) is 12.9. The van der Waals surface area contributed by atoms with E-state index in [2.05, 4.69) is 13.5 Å². The summed E-state index contributed by atoms with van der Waals surface area (Å²) in [7, 11) is 0. The lowest BCUT2D eigenvalue weighted by Gasteiger charge is -2.13. The monoisotopic (exact) mass is 256 g/mol. The lowest BCUT2D eigenvalue weighted by molar-refractivity contribution is -0.0721. The van der Waals surface area contributed by atoms with Gasteiger partial charge in [-0.2, -0.15) is 0 Å². The number of rotatable bonds is 13. The second-order valence-electron chi connectivity index (χ2n) is 5.28. The maximum Gasteiger partial charge on any atom is 0.157 e. The first kappa shape index (κ1) is 17.7. The van der Waals surface area contributed by atoms with Crippen LogP contribution in [0, 0.1) is 5.92 Å². The Morgan fingerprint density at radius 1 is 0.833 bits per heavy atom. The summed E-state index contributed by atoms with van der Waals surface area (Å²) >= 11 is 0. The Balaban J connectivity index is 3.18. The van der Waals surface area contributed by atoms with Gasteiger partial charge in [-0.05, 0) is 6.42 Å². The number of aliphatic hydroxyl groups is 2. The van der Waals surface area contributed by atoms with Crippen LogP contribution in [0.4, 0.5) is 0 Å². The van der Waals surface area contributed by atoms with Crippen LogP contribution in [0.15, 0.2) is 12.7 Å². The van der Waals surface area contributed by atoms with Crippen molar-refractivity contribution in [2.75, 3.05) is 0 Å². The molecule has 0 radical (unpaired) electrons. The molecule has 2 nitrogen and oxygen atoms in total. The van der Waals surface area contributed by atoms with Crippen molar-refractivity contribution < 1.29 is 10.2 Å². The first-order valence-corrected chi connectivity index (χ1v) is 7.71. The molecule has 2 N–H and O–H groups in total. The minimum Gasteiger partial charge on any atom is -0.368 e. The zero-order chi connectivity index (χ0) is 13.6. The Hall–Kier alpha value is -0.340. The Morgan fingerprint density at radius 2 is 1.28 bits per heavy atom. The Bertz CT molecular complexity index is 178. The third kappa shape index (κ3) is 10.8. The summed E-state index contributed by atoms with van der Waals surface area (Å²) in [5, 5.41) is 18.1. The molecule has 0 aliphatic rings. The van der Waals surface area contributed by atoms with E-state index in [1.54, 1.807) is 6.08 Å². The van der Waals surface area contributed by atoms with Crippen LogP contribution >= 0.6 is 0 Å². The van der Waals surface area contributed by atoms with Gasteiger partial charge in [0.15, 0.2) is 6.29 Å². The van der Waals surface area contributed by atoms with E-state index < -0.39 is 6.29 Å². The van der Waals surface area contributed by atoms with Crippen molar-refractivity contribution in [1.82, 2.24) is 0 Å². The van der Waals surface area contributed by atoms with E-state index in [9.17, 15) is 0 Å². The van der Waals surface area contributed by atoms with Crippen LogP contribution in [-0.4, -0.2) is 16.5 Å². The van der Waals surface area contributed by atoms with E-state index in [1.807, 2.05) is 0 Å². The van der Waals surface area contributed by atoms with Crippen molar-refractivity contribution in [3.8, 4) is 0 Å². The summed E-state index contributed by atoms with van der Waals surface area (Å²) in [5.41, 5.74) is 0. The number of hydrogen-bond acceptors (Lipinski definition) is 2. The van der Waals surface area contributed by atoms with Gasteiger partial charge >= 0.3 is 0 Å². The van der Waals surface area contributed by atoms with Crippen LogP contribution in [0.1, 0.15) is 77.6 Å². The predicted molar refractivity (Wildman–Crippen MR) is 78.4 cm³/mol. The van der Waals surface area contributed by atoms with E-state index in [0.29, 0.717) is 0 Å². The average molecular weight is 256 g/mol. The minimum atomic E-state index is -1.24. The highest BCUT2D eigenvalue weighted by Crippen LogP contribution is 2.16. The summed E-state index contributed by atoms with van der Waals surface area (Å²) in [6.45, 7) is 5.88. The standard InChI is InChI=1S/C16H32O2/c1-3-5-6-7-8-9-10-11-12-13-14-15(4-2)16(17)18/h4,15-18H,2-3,5-14H2,1H3. The molecule has 108 valence electrons. The highest BCUT2D eigenvalue weighted by Gasteiger charge is 2.11. The Kier molecular flexibility index (Phi) is 12.9. The summed E-state index contributed by atoms with van der Waals surface area (Å²) < 4.78 is 0. The molecular formula is C16H32O2. The molecule has 18 heavy (non-hydrogen) atoms. The highest BCUT2D eigenvalue weighted by atomic mass is 16.5. The van der Waals surface area contributed by atoms with Crippen molar-refractivity contribution in [2.24, 2.45) is 5.92 Å². The first-order chi connectivity index (χ1) is 8.72. The number of unbranched alkanes of at least 4 members (excludes halogenated alkanes) is 9. The van der Waals surface area contributed by atoms with E-state index in [0.717, 1.165) is 12.8 Å². The summed E-state index contributed by atoms with van der Waals surface area (Å²) in [5.74, 6) is -0.154. The molecule has 2 heteroatoms. The lowest BCUT2D eigenvalue weighted by atomic mass is 9.99. The van der Waals surface area contributed by atoms with E-state index in [1.165, 1.54) is 57.8 Å². The molecule has 0 saturated carbocycles.